The van der Waals surface area contributed by atoms with Crippen LogP contribution in [0.1, 0.15) is 17.3 Å². The van der Waals surface area contributed by atoms with Crippen molar-refractivity contribution in [3.05, 3.63) is 72.6 Å². The summed E-state index contributed by atoms with van der Waals surface area (Å²) in [5, 5.41) is 9.05. The van der Waals surface area contributed by atoms with E-state index in [1.807, 2.05) is 42.5 Å². The summed E-state index contributed by atoms with van der Waals surface area (Å²) >= 11 is 0. The number of benzene rings is 2. The maximum Gasteiger partial charge on any atom is 0.341 e. The Kier molecular flexibility index (Phi) is 5.11. The smallest absolute Gasteiger partial charge is 0.341 e. The molecule has 1 N–H and O–H groups in total. The van der Waals surface area contributed by atoms with Gasteiger partial charge in [-0.1, -0.05) is 30.3 Å². The number of aromatic nitrogens is 2. The van der Waals surface area contributed by atoms with E-state index < -0.39 is 5.97 Å². The zero-order valence-corrected chi connectivity index (χ0v) is 15.8. The molecular weight excluding hydrogens is 370 g/mol. The number of hydrogen-bond donors (Lipinski definition) is 1. The highest BCUT2D eigenvalue weighted by Crippen LogP contribution is 2.21. The fourth-order valence-corrected chi connectivity index (χ4v) is 3.03. The molecule has 0 saturated heterocycles. The molecule has 2 aromatic carbocycles. The Balaban J connectivity index is 1.44. The van der Waals surface area contributed by atoms with Crippen molar-refractivity contribution in [2.75, 3.05) is 18.5 Å². The first-order valence-corrected chi connectivity index (χ1v) is 9.20. The minimum atomic E-state index is -0.453. The number of carbonyl (C=O) groups is 2. The third-order valence-corrected chi connectivity index (χ3v) is 4.39. The Bertz CT molecular complexity index is 1200. The Hall–Kier alpha value is -3.87. The summed E-state index contributed by atoms with van der Waals surface area (Å²) in [6.45, 7) is 1.89. The molecule has 7 heteroatoms. The van der Waals surface area contributed by atoms with Crippen LogP contribution >= 0.6 is 0 Å². The third kappa shape index (κ3) is 4.03. The molecule has 0 bridgehead atoms. The van der Waals surface area contributed by atoms with E-state index in [1.54, 1.807) is 29.8 Å². The summed E-state index contributed by atoms with van der Waals surface area (Å²) in [6.07, 6.45) is 3.11. The summed E-state index contributed by atoms with van der Waals surface area (Å²) < 4.78 is 12.2. The number of nitrogens with zero attached hydrogens (tertiary/aromatic N) is 2. The zero-order valence-electron chi connectivity index (χ0n) is 15.8. The van der Waals surface area contributed by atoms with Crippen molar-refractivity contribution in [2.45, 2.75) is 6.92 Å². The maximum absolute atomic E-state index is 12.3. The molecule has 4 rings (SSSR count). The maximum atomic E-state index is 12.3. The highest BCUT2D eigenvalue weighted by atomic mass is 16.5. The lowest BCUT2D eigenvalue weighted by Crippen LogP contribution is -2.20. The molecule has 4 aromatic rings. The SMILES string of the molecule is CCOC(=O)c1cnn2ccc(NC(=O)COc3ccc4ccccc4c3)cc12. The van der Waals surface area contributed by atoms with Crippen LogP contribution in [0, 0.1) is 0 Å². The van der Waals surface area contributed by atoms with Crippen LogP contribution in [0.25, 0.3) is 16.3 Å². The first-order valence-electron chi connectivity index (χ1n) is 9.20. The first-order chi connectivity index (χ1) is 14.1. The van der Waals surface area contributed by atoms with Crippen molar-refractivity contribution < 1.29 is 19.1 Å². The van der Waals surface area contributed by atoms with E-state index >= 15 is 0 Å². The predicted octanol–water partition coefficient (Wildman–Crippen LogP) is 3.68. The summed E-state index contributed by atoms with van der Waals surface area (Å²) in [5.41, 5.74) is 1.43. The van der Waals surface area contributed by atoms with Crippen molar-refractivity contribution in [2.24, 2.45) is 0 Å². The number of fused-ring (bicyclic) bond motifs is 2. The van der Waals surface area contributed by atoms with Gasteiger partial charge in [-0.25, -0.2) is 9.31 Å². The van der Waals surface area contributed by atoms with Gasteiger partial charge in [0, 0.05) is 11.9 Å². The topological polar surface area (TPSA) is 81.9 Å². The molecule has 0 radical (unpaired) electrons. The van der Waals surface area contributed by atoms with Crippen LogP contribution in [0.5, 0.6) is 5.75 Å². The van der Waals surface area contributed by atoms with Crippen molar-refractivity contribution in [1.29, 1.82) is 0 Å². The van der Waals surface area contributed by atoms with Crippen molar-refractivity contribution in [3.8, 4) is 5.75 Å². The lowest BCUT2D eigenvalue weighted by atomic mass is 10.1. The van der Waals surface area contributed by atoms with Gasteiger partial charge in [0.2, 0.25) is 0 Å². The number of ether oxygens (including phenoxy) is 2. The summed E-state index contributed by atoms with van der Waals surface area (Å²) in [4.78, 5) is 24.3. The van der Waals surface area contributed by atoms with Crippen LogP contribution in [-0.4, -0.2) is 34.7 Å². The first kappa shape index (κ1) is 18.5. The second-order valence-electron chi connectivity index (χ2n) is 6.37. The molecule has 0 saturated carbocycles. The molecule has 1 amide bonds. The molecule has 0 atom stereocenters. The number of amides is 1. The van der Waals surface area contributed by atoms with Crippen LogP contribution < -0.4 is 10.1 Å². The standard InChI is InChI=1S/C22H19N3O4/c1-2-28-22(27)19-13-23-25-10-9-17(12-20(19)25)24-21(26)14-29-18-8-7-15-5-3-4-6-16(15)11-18/h3-13H,2,14H2,1H3,(H,24,26). The van der Waals surface area contributed by atoms with Gasteiger partial charge in [0.05, 0.1) is 18.3 Å². The van der Waals surface area contributed by atoms with Gasteiger partial charge in [0.1, 0.15) is 11.3 Å². The van der Waals surface area contributed by atoms with E-state index in [2.05, 4.69) is 10.4 Å². The number of anilines is 1. The van der Waals surface area contributed by atoms with E-state index in [-0.39, 0.29) is 19.1 Å². The van der Waals surface area contributed by atoms with E-state index in [4.69, 9.17) is 9.47 Å². The number of hydrogen-bond acceptors (Lipinski definition) is 5. The normalized spacial score (nSPS) is 10.8. The minimum Gasteiger partial charge on any atom is -0.484 e. The summed E-state index contributed by atoms with van der Waals surface area (Å²) in [5.74, 6) is -0.139. The number of rotatable bonds is 6. The molecule has 29 heavy (non-hydrogen) atoms. The van der Waals surface area contributed by atoms with Gasteiger partial charge in [0.15, 0.2) is 6.61 Å². The molecule has 0 spiro atoms. The molecule has 0 aliphatic heterocycles. The van der Waals surface area contributed by atoms with Gasteiger partial charge < -0.3 is 14.8 Å². The molecule has 146 valence electrons. The third-order valence-electron chi connectivity index (χ3n) is 4.39. The Morgan fingerprint density at radius 2 is 1.90 bits per heavy atom. The Morgan fingerprint density at radius 3 is 2.72 bits per heavy atom. The Labute approximate surface area is 166 Å². The molecule has 0 fully saturated rings. The van der Waals surface area contributed by atoms with Gasteiger partial charge in [-0.3, -0.25) is 4.79 Å². The molecule has 0 unspecified atom stereocenters. The summed E-state index contributed by atoms with van der Waals surface area (Å²) in [6, 6.07) is 17.0. The molecule has 2 heterocycles. The second-order valence-corrected chi connectivity index (χ2v) is 6.37. The Morgan fingerprint density at radius 1 is 1.07 bits per heavy atom. The summed E-state index contributed by atoms with van der Waals surface area (Å²) in [7, 11) is 0. The van der Waals surface area contributed by atoms with Crippen LogP contribution in [0.15, 0.2) is 67.0 Å². The van der Waals surface area contributed by atoms with Crippen LogP contribution in [0.4, 0.5) is 5.69 Å². The van der Waals surface area contributed by atoms with E-state index in [0.717, 1.165) is 10.8 Å². The largest absolute Gasteiger partial charge is 0.484 e. The monoisotopic (exact) mass is 389 g/mol. The zero-order chi connectivity index (χ0) is 20.2. The number of nitrogens with one attached hydrogen (secondary N) is 1. The fourth-order valence-electron chi connectivity index (χ4n) is 3.03. The van der Waals surface area contributed by atoms with Crippen LogP contribution in [0.2, 0.25) is 0 Å². The quantitative estimate of drug-likeness (QED) is 0.509. The number of esters is 1. The number of pyridine rings is 1. The van der Waals surface area contributed by atoms with Crippen LogP contribution in [0.3, 0.4) is 0 Å². The van der Waals surface area contributed by atoms with Crippen molar-refractivity contribution in [3.63, 3.8) is 0 Å². The minimum absolute atomic E-state index is 0.131. The highest BCUT2D eigenvalue weighted by molar-refractivity contribution is 5.98. The predicted molar refractivity (Wildman–Crippen MR) is 109 cm³/mol. The van der Waals surface area contributed by atoms with Gasteiger partial charge >= 0.3 is 5.97 Å². The number of carbonyl (C=O) groups excluding carboxylic acids is 2. The van der Waals surface area contributed by atoms with Gasteiger partial charge in [0.25, 0.3) is 5.91 Å². The van der Waals surface area contributed by atoms with Gasteiger partial charge in [-0.15, -0.1) is 0 Å². The molecule has 7 nitrogen and oxygen atoms in total. The molecular formula is C22H19N3O4. The molecule has 0 aliphatic carbocycles. The highest BCUT2D eigenvalue weighted by Gasteiger charge is 2.14. The lowest BCUT2D eigenvalue weighted by Gasteiger charge is -2.09. The van der Waals surface area contributed by atoms with Crippen molar-refractivity contribution in [1.82, 2.24) is 9.61 Å². The van der Waals surface area contributed by atoms with E-state index in [0.29, 0.717) is 22.5 Å². The second kappa shape index (κ2) is 8.02. The lowest BCUT2D eigenvalue weighted by molar-refractivity contribution is -0.118. The van der Waals surface area contributed by atoms with Gasteiger partial charge in [-0.2, -0.15) is 5.10 Å². The van der Waals surface area contributed by atoms with E-state index in [1.165, 1.54) is 6.20 Å². The molecule has 2 aromatic heterocycles. The fraction of sp³-hybridized carbons (Fsp3) is 0.136. The van der Waals surface area contributed by atoms with E-state index in [9.17, 15) is 9.59 Å². The van der Waals surface area contributed by atoms with Gasteiger partial charge in [-0.05, 0) is 42.0 Å². The van der Waals surface area contributed by atoms with Crippen molar-refractivity contribution >= 4 is 33.9 Å². The molecule has 0 aliphatic rings. The van der Waals surface area contributed by atoms with Crippen LogP contribution in [-0.2, 0) is 9.53 Å². The average Bonchev–Trinajstić information content (AvgIpc) is 3.15. The average molecular weight is 389 g/mol.